The van der Waals surface area contributed by atoms with Gasteiger partial charge in [-0.25, -0.2) is 0 Å². The SMILES string of the molecule is CC(=O)c1cc(C(=O)N2CCCC[C@@H]2CCc2cccs2)c(=O)[nH]c1C. The Labute approximate surface area is 157 Å². The van der Waals surface area contributed by atoms with Crippen molar-refractivity contribution in [2.75, 3.05) is 6.54 Å². The molecular weight excluding hydrogens is 348 g/mol. The third kappa shape index (κ3) is 3.96. The molecule has 2 aromatic rings. The summed E-state index contributed by atoms with van der Waals surface area (Å²) in [5.41, 5.74) is 0.566. The molecule has 6 heteroatoms. The fourth-order valence-corrected chi connectivity index (χ4v) is 4.36. The molecule has 0 spiro atoms. The number of Topliss-reactive ketones (excluding diaryl/α,β-unsaturated/α-hetero) is 1. The Kier molecular flexibility index (Phi) is 5.71. The van der Waals surface area contributed by atoms with Crippen LogP contribution in [0.25, 0.3) is 0 Å². The van der Waals surface area contributed by atoms with E-state index in [-0.39, 0.29) is 23.3 Å². The zero-order valence-electron chi connectivity index (χ0n) is 15.2. The summed E-state index contributed by atoms with van der Waals surface area (Å²) in [4.78, 5) is 43.0. The molecule has 0 saturated carbocycles. The van der Waals surface area contributed by atoms with Crippen LogP contribution < -0.4 is 5.56 Å². The standard InChI is InChI=1S/C20H24N2O3S/c1-13-17(14(2)23)12-18(19(24)21-13)20(25)22-10-4-3-6-15(22)8-9-16-7-5-11-26-16/h5,7,11-12,15H,3-4,6,8-10H2,1-2H3,(H,21,24)/t15-/m1/s1. The summed E-state index contributed by atoms with van der Waals surface area (Å²) in [6.45, 7) is 3.79. The lowest BCUT2D eigenvalue weighted by Crippen LogP contribution is -2.45. The van der Waals surface area contributed by atoms with Crippen LogP contribution in [0, 0.1) is 6.92 Å². The molecule has 0 bridgehead atoms. The number of nitrogens with zero attached hydrogens (tertiary/aromatic N) is 1. The van der Waals surface area contributed by atoms with Crippen LogP contribution in [-0.4, -0.2) is 34.2 Å². The van der Waals surface area contributed by atoms with Gasteiger partial charge in [0.05, 0.1) is 0 Å². The van der Waals surface area contributed by atoms with Gasteiger partial charge in [0, 0.05) is 28.7 Å². The van der Waals surface area contributed by atoms with Crippen LogP contribution >= 0.6 is 11.3 Å². The number of ketones is 1. The number of carbonyl (C=O) groups excluding carboxylic acids is 2. The van der Waals surface area contributed by atoms with E-state index in [0.29, 0.717) is 17.8 Å². The Hall–Kier alpha value is -2.21. The van der Waals surface area contributed by atoms with Gasteiger partial charge in [-0.3, -0.25) is 14.4 Å². The monoisotopic (exact) mass is 372 g/mol. The Bertz CT molecular complexity index is 854. The third-order valence-corrected chi connectivity index (χ3v) is 5.98. The minimum absolute atomic E-state index is 0.0730. The molecule has 3 heterocycles. The minimum Gasteiger partial charge on any atom is -0.335 e. The van der Waals surface area contributed by atoms with Gasteiger partial charge in [0.2, 0.25) is 0 Å². The summed E-state index contributed by atoms with van der Waals surface area (Å²) in [6, 6.07) is 5.76. The summed E-state index contributed by atoms with van der Waals surface area (Å²) < 4.78 is 0. The van der Waals surface area contributed by atoms with Crippen LogP contribution in [0.2, 0.25) is 0 Å². The molecule has 1 atom stereocenters. The van der Waals surface area contributed by atoms with Crippen molar-refractivity contribution in [3.63, 3.8) is 0 Å². The highest BCUT2D eigenvalue weighted by atomic mass is 32.1. The second-order valence-corrected chi connectivity index (χ2v) is 7.91. The first-order valence-electron chi connectivity index (χ1n) is 9.05. The largest absolute Gasteiger partial charge is 0.335 e. The van der Waals surface area contributed by atoms with Crippen LogP contribution in [0.1, 0.15) is 63.9 Å². The topological polar surface area (TPSA) is 70.2 Å². The Morgan fingerprint density at radius 3 is 2.81 bits per heavy atom. The van der Waals surface area contributed by atoms with Crippen molar-refractivity contribution < 1.29 is 9.59 Å². The van der Waals surface area contributed by atoms with Crippen molar-refractivity contribution in [3.8, 4) is 0 Å². The van der Waals surface area contributed by atoms with Gasteiger partial charge in [0.15, 0.2) is 5.78 Å². The molecule has 1 N–H and O–H groups in total. The molecule has 1 fully saturated rings. The Morgan fingerprint density at radius 1 is 1.31 bits per heavy atom. The van der Waals surface area contributed by atoms with E-state index in [1.807, 2.05) is 11.0 Å². The number of aromatic amines is 1. The van der Waals surface area contributed by atoms with Gasteiger partial charge in [0.25, 0.3) is 11.5 Å². The van der Waals surface area contributed by atoms with E-state index in [1.54, 1.807) is 18.3 Å². The van der Waals surface area contributed by atoms with E-state index in [2.05, 4.69) is 16.4 Å². The van der Waals surface area contributed by atoms with Crippen LogP contribution in [-0.2, 0) is 6.42 Å². The van der Waals surface area contributed by atoms with E-state index in [1.165, 1.54) is 17.9 Å². The highest BCUT2D eigenvalue weighted by Gasteiger charge is 2.29. The van der Waals surface area contributed by atoms with E-state index < -0.39 is 5.56 Å². The number of thiophene rings is 1. The molecule has 5 nitrogen and oxygen atoms in total. The number of H-pyrrole nitrogens is 1. The molecule has 26 heavy (non-hydrogen) atoms. The number of aryl methyl sites for hydroxylation is 2. The third-order valence-electron chi connectivity index (χ3n) is 5.04. The van der Waals surface area contributed by atoms with Crippen LogP contribution in [0.15, 0.2) is 28.4 Å². The lowest BCUT2D eigenvalue weighted by molar-refractivity contribution is 0.0600. The van der Waals surface area contributed by atoms with Crippen molar-refractivity contribution in [2.24, 2.45) is 0 Å². The molecule has 0 unspecified atom stereocenters. The minimum atomic E-state index is -0.417. The first-order valence-corrected chi connectivity index (χ1v) is 9.93. The summed E-state index contributed by atoms with van der Waals surface area (Å²) in [5, 5.41) is 2.06. The first kappa shape index (κ1) is 18.6. The lowest BCUT2D eigenvalue weighted by Gasteiger charge is -2.36. The molecule has 3 rings (SSSR count). The molecule has 2 aromatic heterocycles. The van der Waals surface area contributed by atoms with Crippen molar-refractivity contribution >= 4 is 23.0 Å². The van der Waals surface area contributed by atoms with Crippen molar-refractivity contribution in [3.05, 3.63) is 55.6 Å². The van der Waals surface area contributed by atoms with Gasteiger partial charge in [-0.05, 0) is 63.5 Å². The van der Waals surface area contributed by atoms with Gasteiger partial charge < -0.3 is 9.88 Å². The molecule has 1 saturated heterocycles. The number of rotatable bonds is 5. The van der Waals surface area contributed by atoms with E-state index in [4.69, 9.17) is 0 Å². The summed E-state index contributed by atoms with van der Waals surface area (Å²) in [6.07, 6.45) is 4.84. The average molecular weight is 372 g/mol. The molecule has 1 amide bonds. The predicted molar refractivity (Wildman–Crippen MR) is 103 cm³/mol. The summed E-state index contributed by atoms with van der Waals surface area (Å²) >= 11 is 1.73. The van der Waals surface area contributed by atoms with E-state index in [0.717, 1.165) is 32.1 Å². The molecule has 0 aliphatic carbocycles. The quantitative estimate of drug-likeness (QED) is 0.816. The molecule has 138 valence electrons. The highest BCUT2D eigenvalue weighted by Crippen LogP contribution is 2.24. The smallest absolute Gasteiger partial charge is 0.261 e. The van der Waals surface area contributed by atoms with Crippen molar-refractivity contribution in [2.45, 2.75) is 52.0 Å². The zero-order valence-corrected chi connectivity index (χ0v) is 16.0. The van der Waals surface area contributed by atoms with Gasteiger partial charge >= 0.3 is 0 Å². The number of aromatic nitrogens is 1. The Balaban J connectivity index is 1.83. The van der Waals surface area contributed by atoms with E-state index >= 15 is 0 Å². The number of piperidine rings is 1. The highest BCUT2D eigenvalue weighted by molar-refractivity contribution is 7.09. The van der Waals surface area contributed by atoms with E-state index in [9.17, 15) is 14.4 Å². The molecule has 1 aliphatic heterocycles. The zero-order chi connectivity index (χ0) is 18.7. The summed E-state index contributed by atoms with van der Waals surface area (Å²) in [7, 11) is 0. The van der Waals surface area contributed by atoms with Gasteiger partial charge in [-0.15, -0.1) is 11.3 Å². The number of nitrogens with one attached hydrogen (secondary N) is 1. The second kappa shape index (κ2) is 7.99. The maximum absolute atomic E-state index is 13.1. The fourth-order valence-electron chi connectivity index (χ4n) is 3.63. The average Bonchev–Trinajstić information content (AvgIpc) is 3.13. The number of amides is 1. The van der Waals surface area contributed by atoms with Crippen molar-refractivity contribution in [1.82, 2.24) is 9.88 Å². The molecule has 0 radical (unpaired) electrons. The second-order valence-electron chi connectivity index (χ2n) is 6.87. The lowest BCUT2D eigenvalue weighted by atomic mass is 9.96. The Morgan fingerprint density at radius 2 is 2.12 bits per heavy atom. The first-order chi connectivity index (χ1) is 12.5. The fraction of sp³-hybridized carbons (Fsp3) is 0.450. The van der Waals surface area contributed by atoms with Gasteiger partial charge in [-0.2, -0.15) is 0 Å². The predicted octanol–water partition coefficient (Wildman–Crippen LogP) is 3.57. The maximum Gasteiger partial charge on any atom is 0.261 e. The number of hydrogen-bond donors (Lipinski definition) is 1. The van der Waals surface area contributed by atoms with Gasteiger partial charge in [-0.1, -0.05) is 6.07 Å². The molecule has 1 aliphatic rings. The normalized spacial score (nSPS) is 17.3. The number of carbonyl (C=O) groups is 2. The van der Waals surface area contributed by atoms with Crippen LogP contribution in [0.5, 0.6) is 0 Å². The molecular formula is C20H24N2O3S. The number of likely N-dealkylation sites (tertiary alicyclic amines) is 1. The number of pyridine rings is 1. The maximum atomic E-state index is 13.1. The van der Waals surface area contributed by atoms with Crippen molar-refractivity contribution in [1.29, 1.82) is 0 Å². The van der Waals surface area contributed by atoms with Crippen LogP contribution in [0.4, 0.5) is 0 Å². The number of hydrogen-bond acceptors (Lipinski definition) is 4. The summed E-state index contributed by atoms with van der Waals surface area (Å²) in [5.74, 6) is -0.412. The van der Waals surface area contributed by atoms with Crippen LogP contribution in [0.3, 0.4) is 0 Å². The van der Waals surface area contributed by atoms with Gasteiger partial charge in [0.1, 0.15) is 5.56 Å². The molecule has 0 aromatic carbocycles.